The number of ether oxygens (including phenoxy) is 1. The minimum absolute atomic E-state index is 0.336. The Labute approximate surface area is 69.1 Å². The molecule has 0 heterocycles. The first kappa shape index (κ1) is 8.93. The third kappa shape index (κ3) is 1.53. The largest absolute Gasteiger partial charge is 0.497 e. The second-order valence-corrected chi connectivity index (χ2v) is 2.50. The Kier molecular flexibility index (Phi) is 2.28. The van der Waals surface area contributed by atoms with Gasteiger partial charge in [0.25, 0.3) is 0 Å². The number of aliphatic hydroxyl groups is 1. The number of hydrogen-bond acceptors (Lipinski definition) is 3. The van der Waals surface area contributed by atoms with Gasteiger partial charge in [0.15, 0.2) is 0 Å². The fraction of sp³-hybridized carbons (Fsp3) is 0.375. The molecule has 0 aliphatic heterocycles. The Morgan fingerprint density at radius 2 is 2.50 bits per heavy atom. The lowest BCUT2D eigenvalue weighted by Gasteiger charge is -2.22. The van der Waals surface area contributed by atoms with Crippen molar-refractivity contribution < 1.29 is 19.0 Å². The molecule has 1 aliphatic rings. The summed E-state index contributed by atoms with van der Waals surface area (Å²) < 4.78 is 17.7. The molecule has 66 valence electrons. The van der Waals surface area contributed by atoms with Crippen LogP contribution in [0.15, 0.2) is 24.0 Å². The quantitative estimate of drug-likeness (QED) is 0.619. The average Bonchev–Trinajstić information content (AvgIpc) is 2.04. The average molecular weight is 172 g/mol. The van der Waals surface area contributed by atoms with E-state index in [0.29, 0.717) is 12.0 Å². The van der Waals surface area contributed by atoms with Crippen LogP contribution in [0.5, 0.6) is 0 Å². The Bertz CT molecular complexity index is 243. The maximum atomic E-state index is 13.0. The topological polar surface area (TPSA) is 46.5 Å². The molecule has 1 N–H and O–H groups in total. The molecule has 0 bridgehead atoms. The minimum Gasteiger partial charge on any atom is -0.497 e. The van der Waals surface area contributed by atoms with Gasteiger partial charge in [-0.15, -0.1) is 0 Å². The van der Waals surface area contributed by atoms with Crippen molar-refractivity contribution in [1.82, 2.24) is 0 Å². The lowest BCUT2D eigenvalue weighted by Crippen LogP contribution is -2.32. The number of carbonyl (C=O) groups is 1. The third-order valence-electron chi connectivity index (χ3n) is 1.67. The highest BCUT2D eigenvalue weighted by molar-refractivity contribution is 5.60. The second-order valence-electron chi connectivity index (χ2n) is 2.50. The van der Waals surface area contributed by atoms with Crippen LogP contribution in [0.1, 0.15) is 0 Å². The highest BCUT2D eigenvalue weighted by Crippen LogP contribution is 2.26. The van der Waals surface area contributed by atoms with Crippen molar-refractivity contribution in [3.8, 4) is 0 Å². The smallest absolute Gasteiger partial charge is 0.239 e. The molecule has 0 radical (unpaired) electrons. The van der Waals surface area contributed by atoms with Gasteiger partial charge in [-0.05, 0) is 18.2 Å². The zero-order valence-corrected chi connectivity index (χ0v) is 6.53. The first-order valence-corrected chi connectivity index (χ1v) is 3.42. The number of aldehydes is 1. The van der Waals surface area contributed by atoms with E-state index in [0.717, 1.165) is 6.08 Å². The van der Waals surface area contributed by atoms with Crippen molar-refractivity contribution >= 4 is 6.29 Å². The zero-order chi connectivity index (χ0) is 9.19. The first-order chi connectivity index (χ1) is 5.60. The standard InChI is InChI=1S/C8H9FO3/c1-12-7-2-3-8(9,11)6(4-7)5-10/h2-6,11H,1H3. The third-order valence-corrected chi connectivity index (χ3v) is 1.67. The first-order valence-electron chi connectivity index (χ1n) is 3.42. The van der Waals surface area contributed by atoms with Gasteiger partial charge < -0.3 is 14.6 Å². The molecule has 4 heteroatoms. The van der Waals surface area contributed by atoms with Gasteiger partial charge in [-0.1, -0.05) is 0 Å². The molecule has 0 aromatic heterocycles. The molecule has 0 saturated heterocycles. The summed E-state index contributed by atoms with van der Waals surface area (Å²) in [5, 5.41) is 8.96. The SMILES string of the molecule is COC1=CC(C=O)C(O)(F)C=C1. The van der Waals surface area contributed by atoms with Crippen molar-refractivity contribution in [3.05, 3.63) is 24.0 Å². The van der Waals surface area contributed by atoms with E-state index in [1.54, 1.807) is 0 Å². The maximum absolute atomic E-state index is 13.0. The van der Waals surface area contributed by atoms with E-state index in [1.165, 1.54) is 19.3 Å². The van der Waals surface area contributed by atoms with Gasteiger partial charge in [-0.25, -0.2) is 4.39 Å². The van der Waals surface area contributed by atoms with Gasteiger partial charge in [-0.3, -0.25) is 0 Å². The van der Waals surface area contributed by atoms with E-state index in [1.807, 2.05) is 0 Å². The van der Waals surface area contributed by atoms with E-state index in [2.05, 4.69) is 0 Å². The Hall–Kier alpha value is -1.16. The molecular formula is C8H9FO3. The molecule has 1 aliphatic carbocycles. The van der Waals surface area contributed by atoms with Crippen molar-refractivity contribution in [2.24, 2.45) is 5.92 Å². The summed E-state index contributed by atoms with van der Waals surface area (Å²) in [4.78, 5) is 10.3. The number of carbonyl (C=O) groups excluding carboxylic acids is 1. The van der Waals surface area contributed by atoms with Crippen LogP contribution in [0.25, 0.3) is 0 Å². The summed E-state index contributed by atoms with van der Waals surface area (Å²) in [5.74, 6) is -3.39. The number of allylic oxidation sites excluding steroid dienone is 1. The molecular weight excluding hydrogens is 163 g/mol. The summed E-state index contributed by atoms with van der Waals surface area (Å²) in [6.45, 7) is 0. The minimum atomic E-state index is -2.58. The van der Waals surface area contributed by atoms with Crippen LogP contribution >= 0.6 is 0 Å². The summed E-state index contributed by atoms with van der Waals surface area (Å²) in [7, 11) is 1.40. The number of methoxy groups -OCH3 is 1. The summed E-state index contributed by atoms with van der Waals surface area (Å²) >= 11 is 0. The molecule has 0 saturated carbocycles. The highest BCUT2D eigenvalue weighted by Gasteiger charge is 2.35. The van der Waals surface area contributed by atoms with Crippen molar-refractivity contribution in [1.29, 1.82) is 0 Å². The predicted octanol–water partition coefficient (Wildman–Crippen LogP) is 0.560. The van der Waals surface area contributed by atoms with Crippen LogP contribution in [0.4, 0.5) is 4.39 Å². The van der Waals surface area contributed by atoms with Crippen LogP contribution in [0, 0.1) is 5.92 Å². The molecule has 2 atom stereocenters. The fourth-order valence-corrected chi connectivity index (χ4v) is 0.930. The number of halogens is 1. The summed E-state index contributed by atoms with van der Waals surface area (Å²) in [6, 6.07) is 0. The van der Waals surface area contributed by atoms with E-state index >= 15 is 0 Å². The molecule has 1 rings (SSSR count). The molecule has 0 aromatic rings. The van der Waals surface area contributed by atoms with E-state index in [4.69, 9.17) is 9.84 Å². The van der Waals surface area contributed by atoms with Crippen LogP contribution in [0.2, 0.25) is 0 Å². The number of alkyl halides is 1. The molecule has 0 spiro atoms. The van der Waals surface area contributed by atoms with E-state index in [-0.39, 0.29) is 0 Å². The lowest BCUT2D eigenvalue weighted by molar-refractivity contribution is -0.126. The molecule has 3 nitrogen and oxygen atoms in total. The van der Waals surface area contributed by atoms with Gasteiger partial charge in [0, 0.05) is 0 Å². The summed E-state index contributed by atoms with van der Waals surface area (Å²) in [5.41, 5.74) is 0. The van der Waals surface area contributed by atoms with Crippen LogP contribution in [-0.2, 0) is 9.53 Å². The fourth-order valence-electron chi connectivity index (χ4n) is 0.930. The van der Waals surface area contributed by atoms with Crippen LogP contribution in [0.3, 0.4) is 0 Å². The van der Waals surface area contributed by atoms with Crippen molar-refractivity contribution in [3.63, 3.8) is 0 Å². The molecule has 0 fully saturated rings. The monoisotopic (exact) mass is 172 g/mol. The van der Waals surface area contributed by atoms with Gasteiger partial charge in [0.05, 0.1) is 13.0 Å². The van der Waals surface area contributed by atoms with Gasteiger partial charge >= 0.3 is 0 Å². The second kappa shape index (κ2) is 3.06. The Balaban J connectivity index is 2.89. The van der Waals surface area contributed by atoms with Gasteiger partial charge in [0.2, 0.25) is 5.85 Å². The zero-order valence-electron chi connectivity index (χ0n) is 6.53. The molecule has 2 unspecified atom stereocenters. The van der Waals surface area contributed by atoms with Gasteiger partial charge in [0.1, 0.15) is 12.0 Å². The molecule has 0 amide bonds. The normalized spacial score (nSPS) is 34.2. The lowest BCUT2D eigenvalue weighted by atomic mass is 9.96. The Morgan fingerprint density at radius 3 is 3.00 bits per heavy atom. The molecule has 12 heavy (non-hydrogen) atoms. The van der Waals surface area contributed by atoms with Crippen molar-refractivity contribution in [2.45, 2.75) is 5.85 Å². The number of rotatable bonds is 2. The Morgan fingerprint density at radius 1 is 1.83 bits per heavy atom. The predicted molar refractivity (Wildman–Crippen MR) is 39.8 cm³/mol. The number of hydrogen-bond donors (Lipinski definition) is 1. The van der Waals surface area contributed by atoms with E-state index in [9.17, 15) is 9.18 Å². The van der Waals surface area contributed by atoms with Crippen LogP contribution < -0.4 is 0 Å². The maximum Gasteiger partial charge on any atom is 0.239 e. The van der Waals surface area contributed by atoms with Gasteiger partial charge in [-0.2, -0.15) is 0 Å². The van der Waals surface area contributed by atoms with E-state index < -0.39 is 11.8 Å². The molecule has 0 aromatic carbocycles. The van der Waals surface area contributed by atoms with Crippen molar-refractivity contribution in [2.75, 3.05) is 7.11 Å². The highest BCUT2D eigenvalue weighted by atomic mass is 19.2. The summed E-state index contributed by atoms with van der Waals surface area (Å²) in [6.07, 6.45) is 3.74. The van der Waals surface area contributed by atoms with Crippen LogP contribution in [-0.4, -0.2) is 24.4 Å².